The Morgan fingerprint density at radius 3 is 2.06 bits per heavy atom. The minimum absolute atomic E-state index is 0.0332. The van der Waals surface area contributed by atoms with E-state index in [1.807, 2.05) is 20.8 Å². The molecule has 1 aliphatic rings. The Morgan fingerprint density at radius 1 is 1.00 bits per heavy atom. The van der Waals surface area contributed by atoms with Crippen LogP contribution in [0.15, 0.2) is 0 Å². The van der Waals surface area contributed by atoms with Gasteiger partial charge in [-0.25, -0.2) is 0 Å². The number of ether oxygens (including phenoxy) is 2. The van der Waals surface area contributed by atoms with Gasteiger partial charge in [-0.3, -0.25) is 0 Å². The van der Waals surface area contributed by atoms with Crippen molar-refractivity contribution in [3.05, 3.63) is 0 Å². The Labute approximate surface area is 94.4 Å². The third-order valence-electron chi connectivity index (χ3n) is 2.37. The van der Waals surface area contributed by atoms with Crippen LogP contribution in [0, 0.1) is 0 Å². The lowest BCUT2D eigenvalue weighted by Crippen LogP contribution is -2.58. The van der Waals surface area contributed by atoms with Gasteiger partial charge in [0, 0.05) is 0 Å². The second kappa shape index (κ2) is 4.95. The highest BCUT2D eigenvalue weighted by Gasteiger charge is 2.43. The molecule has 0 saturated carbocycles. The molecule has 1 heterocycles. The second-order valence-corrected chi connectivity index (χ2v) is 4.96. The van der Waals surface area contributed by atoms with Crippen molar-refractivity contribution >= 4 is 0 Å². The van der Waals surface area contributed by atoms with Crippen molar-refractivity contribution < 1.29 is 29.9 Å². The average Bonchev–Trinajstić information content (AvgIpc) is 2.17. The first-order valence-corrected chi connectivity index (χ1v) is 5.24. The predicted octanol–water partition coefficient (Wildman–Crippen LogP) is -1.40. The zero-order chi connectivity index (χ0) is 12.5. The highest BCUT2D eigenvalue weighted by Crippen LogP contribution is 2.21. The minimum Gasteiger partial charge on any atom is -0.387 e. The topological polar surface area (TPSA) is 99.4 Å². The van der Waals surface area contributed by atoms with Gasteiger partial charge < -0.3 is 29.9 Å². The van der Waals surface area contributed by atoms with Gasteiger partial charge in [-0.15, -0.1) is 0 Å². The number of hydrogen-bond donors (Lipinski definition) is 4. The highest BCUT2D eigenvalue weighted by atomic mass is 16.6. The van der Waals surface area contributed by atoms with Crippen LogP contribution in [0.1, 0.15) is 20.8 Å². The highest BCUT2D eigenvalue weighted by molar-refractivity contribution is 4.88. The molecular formula is C10H20O6. The Bertz CT molecular complexity index is 226. The van der Waals surface area contributed by atoms with E-state index in [9.17, 15) is 20.4 Å². The average molecular weight is 236 g/mol. The summed E-state index contributed by atoms with van der Waals surface area (Å²) in [7, 11) is 0. The van der Waals surface area contributed by atoms with Crippen LogP contribution >= 0.6 is 0 Å². The summed E-state index contributed by atoms with van der Waals surface area (Å²) in [5.74, 6) is 0. The van der Waals surface area contributed by atoms with Crippen molar-refractivity contribution in [2.45, 2.75) is 57.1 Å². The van der Waals surface area contributed by atoms with E-state index in [1.165, 1.54) is 0 Å². The third kappa shape index (κ3) is 3.38. The zero-order valence-corrected chi connectivity index (χ0v) is 9.70. The molecule has 0 aromatic heterocycles. The summed E-state index contributed by atoms with van der Waals surface area (Å²) in [6.07, 6.45) is -6.57. The van der Waals surface area contributed by atoms with Gasteiger partial charge in [0.25, 0.3) is 0 Å². The van der Waals surface area contributed by atoms with Gasteiger partial charge in [-0.1, -0.05) is 0 Å². The normalized spacial score (nSPS) is 41.1. The Kier molecular flexibility index (Phi) is 4.28. The number of aliphatic hydroxyl groups excluding tert-OH is 4. The molecule has 1 fully saturated rings. The summed E-state index contributed by atoms with van der Waals surface area (Å²) in [6.45, 7) is 5.54. The number of aliphatic hydroxyl groups is 4. The van der Waals surface area contributed by atoms with Crippen LogP contribution in [0.2, 0.25) is 0 Å². The van der Waals surface area contributed by atoms with Crippen LogP contribution in [0.25, 0.3) is 0 Å². The van der Waals surface area contributed by atoms with Crippen molar-refractivity contribution in [2.24, 2.45) is 0 Å². The molecule has 0 amide bonds. The predicted molar refractivity (Wildman–Crippen MR) is 54.6 cm³/mol. The molecule has 1 aliphatic heterocycles. The molecule has 5 atom stereocenters. The molecule has 16 heavy (non-hydrogen) atoms. The van der Waals surface area contributed by atoms with E-state index < -0.39 is 36.3 Å². The van der Waals surface area contributed by atoms with Crippen molar-refractivity contribution in [3.63, 3.8) is 0 Å². The van der Waals surface area contributed by atoms with Crippen LogP contribution in [0.3, 0.4) is 0 Å². The largest absolute Gasteiger partial charge is 0.387 e. The molecule has 1 rings (SSSR count). The molecule has 4 N–H and O–H groups in total. The molecule has 0 aromatic rings. The minimum atomic E-state index is -1.51. The van der Waals surface area contributed by atoms with Crippen LogP contribution in [0.4, 0.5) is 0 Å². The quantitative estimate of drug-likeness (QED) is 0.471. The molecule has 1 saturated heterocycles. The first-order valence-electron chi connectivity index (χ1n) is 5.24. The molecule has 6 heteroatoms. The van der Waals surface area contributed by atoms with E-state index in [1.54, 1.807) is 0 Å². The Hall–Kier alpha value is -0.240. The summed E-state index contributed by atoms with van der Waals surface area (Å²) in [5, 5.41) is 37.5. The lowest BCUT2D eigenvalue weighted by molar-refractivity contribution is -0.292. The van der Waals surface area contributed by atoms with Crippen molar-refractivity contribution in [1.29, 1.82) is 0 Å². The zero-order valence-electron chi connectivity index (χ0n) is 9.70. The van der Waals surface area contributed by atoms with E-state index in [4.69, 9.17) is 9.47 Å². The molecule has 3 unspecified atom stereocenters. The van der Waals surface area contributed by atoms with Crippen molar-refractivity contribution in [3.8, 4) is 0 Å². The lowest BCUT2D eigenvalue weighted by Gasteiger charge is -2.39. The van der Waals surface area contributed by atoms with Crippen molar-refractivity contribution in [1.82, 2.24) is 0 Å². The van der Waals surface area contributed by atoms with Gasteiger partial charge in [-0.2, -0.15) is 0 Å². The standard InChI is InChI=1S/C10H20O6/c1-10(2,3)15-4-5-6(11)7(12)8(13)9(14)16-5/h5-9,11-14H,4H2,1-3H3/t5?,6-,7?,8?,9+/m1/s1. The fourth-order valence-electron chi connectivity index (χ4n) is 1.40. The lowest BCUT2D eigenvalue weighted by atomic mass is 9.99. The third-order valence-corrected chi connectivity index (χ3v) is 2.37. The van der Waals surface area contributed by atoms with Gasteiger partial charge >= 0.3 is 0 Å². The number of rotatable bonds is 2. The van der Waals surface area contributed by atoms with Crippen molar-refractivity contribution in [2.75, 3.05) is 6.61 Å². The van der Waals surface area contributed by atoms with E-state index in [-0.39, 0.29) is 6.61 Å². The van der Waals surface area contributed by atoms with Gasteiger partial charge in [0.05, 0.1) is 12.2 Å². The monoisotopic (exact) mass is 236 g/mol. The molecular weight excluding hydrogens is 216 g/mol. The van der Waals surface area contributed by atoms with E-state index in [2.05, 4.69) is 0 Å². The maximum Gasteiger partial charge on any atom is 0.184 e. The molecule has 0 bridgehead atoms. The summed E-state index contributed by atoms with van der Waals surface area (Å²) < 4.78 is 10.3. The summed E-state index contributed by atoms with van der Waals surface area (Å²) in [6, 6.07) is 0. The van der Waals surface area contributed by atoms with Gasteiger partial charge in [-0.05, 0) is 20.8 Å². The van der Waals surface area contributed by atoms with Crippen LogP contribution < -0.4 is 0 Å². The Balaban J connectivity index is 2.54. The van der Waals surface area contributed by atoms with E-state index in [0.717, 1.165) is 0 Å². The van der Waals surface area contributed by atoms with Gasteiger partial charge in [0.2, 0.25) is 0 Å². The molecule has 0 radical (unpaired) electrons. The molecule has 6 nitrogen and oxygen atoms in total. The van der Waals surface area contributed by atoms with Crippen LogP contribution in [-0.4, -0.2) is 63.3 Å². The maximum atomic E-state index is 9.60. The van der Waals surface area contributed by atoms with Crippen LogP contribution in [0.5, 0.6) is 0 Å². The molecule has 0 aromatic carbocycles. The fourth-order valence-corrected chi connectivity index (χ4v) is 1.40. The molecule has 0 aliphatic carbocycles. The van der Waals surface area contributed by atoms with E-state index in [0.29, 0.717) is 0 Å². The van der Waals surface area contributed by atoms with Gasteiger partial charge in [0.15, 0.2) is 6.29 Å². The number of hydrogen-bond acceptors (Lipinski definition) is 6. The molecule has 0 spiro atoms. The Morgan fingerprint density at radius 2 is 1.56 bits per heavy atom. The maximum absolute atomic E-state index is 9.60. The van der Waals surface area contributed by atoms with Crippen LogP contribution in [-0.2, 0) is 9.47 Å². The van der Waals surface area contributed by atoms with Gasteiger partial charge in [0.1, 0.15) is 24.4 Å². The summed E-state index contributed by atoms with van der Waals surface area (Å²) in [4.78, 5) is 0. The smallest absolute Gasteiger partial charge is 0.184 e. The fraction of sp³-hybridized carbons (Fsp3) is 1.00. The summed E-state index contributed by atoms with van der Waals surface area (Å²) in [5.41, 5.74) is -0.408. The first-order chi connectivity index (χ1) is 7.22. The summed E-state index contributed by atoms with van der Waals surface area (Å²) >= 11 is 0. The SMILES string of the molecule is CC(C)(C)OCC1O[C@H](O)C(O)C(O)[C@@H]1O. The van der Waals surface area contributed by atoms with E-state index >= 15 is 0 Å². The first kappa shape index (κ1) is 13.8. The second-order valence-electron chi connectivity index (χ2n) is 4.96. The molecule has 96 valence electrons.